The topological polar surface area (TPSA) is 6.48 Å². The van der Waals surface area contributed by atoms with E-state index in [1.54, 1.807) is 0 Å². The largest absolute Gasteiger partial charge is 0.306 e. The van der Waals surface area contributed by atoms with Gasteiger partial charge in [-0.25, -0.2) is 0 Å². The molecule has 0 aromatic rings. The lowest BCUT2D eigenvalue weighted by molar-refractivity contribution is 0.152. The maximum Gasteiger partial charge on any atom is 0.0125 e. The van der Waals surface area contributed by atoms with Crippen LogP contribution in [0.4, 0.5) is 0 Å². The highest BCUT2D eigenvalue weighted by atomic mass is 15.2. The Balaban J connectivity index is 2.49. The number of hydrogen-bond donors (Lipinski definition) is 0. The van der Waals surface area contributed by atoms with Crippen LogP contribution in [-0.2, 0) is 0 Å². The van der Waals surface area contributed by atoms with Crippen LogP contribution >= 0.6 is 0 Å². The van der Waals surface area contributed by atoms with E-state index in [1.807, 2.05) is 0 Å². The number of nitrogens with zero attached hydrogens (tertiary/aromatic N) is 2. The van der Waals surface area contributed by atoms with Gasteiger partial charge in [0.25, 0.3) is 0 Å². The molecule has 2 nitrogen and oxygen atoms in total. The Labute approximate surface area is 89.3 Å². The second kappa shape index (κ2) is 4.19. The first-order chi connectivity index (χ1) is 6.32. The van der Waals surface area contributed by atoms with Crippen LogP contribution in [0.3, 0.4) is 0 Å². The minimum Gasteiger partial charge on any atom is -0.306 e. The van der Waals surface area contributed by atoms with Crippen LogP contribution in [0.2, 0.25) is 0 Å². The third kappa shape index (κ3) is 2.71. The molecule has 0 radical (unpaired) electrons. The molecule has 1 saturated heterocycles. The highest BCUT2D eigenvalue weighted by Crippen LogP contribution is 2.27. The SMILES string of the molecule is CC(C1CCN(C(C)(C)C)C1)N(C)C. The van der Waals surface area contributed by atoms with Crippen LogP contribution in [0, 0.1) is 5.92 Å². The van der Waals surface area contributed by atoms with E-state index in [0.29, 0.717) is 11.6 Å². The van der Waals surface area contributed by atoms with Crippen molar-refractivity contribution < 1.29 is 0 Å². The third-order valence-electron chi connectivity index (χ3n) is 3.67. The number of likely N-dealkylation sites (tertiary alicyclic amines) is 1. The summed E-state index contributed by atoms with van der Waals surface area (Å²) in [7, 11) is 4.37. The van der Waals surface area contributed by atoms with Gasteiger partial charge in [0, 0.05) is 18.1 Å². The van der Waals surface area contributed by atoms with Crippen molar-refractivity contribution in [3.63, 3.8) is 0 Å². The molecule has 1 rings (SSSR count). The fraction of sp³-hybridized carbons (Fsp3) is 1.00. The molecule has 0 saturated carbocycles. The van der Waals surface area contributed by atoms with E-state index < -0.39 is 0 Å². The van der Waals surface area contributed by atoms with Gasteiger partial charge in [-0.2, -0.15) is 0 Å². The molecule has 1 aliphatic heterocycles. The molecule has 2 unspecified atom stereocenters. The molecule has 0 spiro atoms. The molecule has 0 amide bonds. The summed E-state index contributed by atoms with van der Waals surface area (Å²) in [4.78, 5) is 4.95. The van der Waals surface area contributed by atoms with Gasteiger partial charge in [-0.15, -0.1) is 0 Å². The lowest BCUT2D eigenvalue weighted by Gasteiger charge is -2.33. The van der Waals surface area contributed by atoms with Gasteiger partial charge in [-0.1, -0.05) is 0 Å². The highest BCUT2D eigenvalue weighted by Gasteiger charge is 2.33. The van der Waals surface area contributed by atoms with Gasteiger partial charge < -0.3 is 4.90 Å². The molecule has 1 fully saturated rings. The molecule has 0 N–H and O–H groups in total. The summed E-state index contributed by atoms with van der Waals surface area (Å²) in [6, 6.07) is 0.711. The molecule has 0 aromatic heterocycles. The van der Waals surface area contributed by atoms with Gasteiger partial charge in [0.1, 0.15) is 0 Å². The van der Waals surface area contributed by atoms with Gasteiger partial charge >= 0.3 is 0 Å². The Hall–Kier alpha value is -0.0800. The summed E-state index contributed by atoms with van der Waals surface area (Å²) in [5.74, 6) is 0.851. The van der Waals surface area contributed by atoms with Crippen molar-refractivity contribution >= 4 is 0 Å². The monoisotopic (exact) mass is 198 g/mol. The Morgan fingerprint density at radius 1 is 1.29 bits per heavy atom. The predicted molar refractivity (Wildman–Crippen MR) is 62.6 cm³/mol. The summed E-state index contributed by atoms with van der Waals surface area (Å²) >= 11 is 0. The Morgan fingerprint density at radius 3 is 2.21 bits per heavy atom. The average Bonchev–Trinajstić information content (AvgIpc) is 2.49. The van der Waals surface area contributed by atoms with Crippen LogP contribution in [0.5, 0.6) is 0 Å². The minimum atomic E-state index is 0.348. The summed E-state index contributed by atoms with van der Waals surface area (Å²) < 4.78 is 0. The van der Waals surface area contributed by atoms with Crippen molar-refractivity contribution in [2.45, 2.75) is 45.7 Å². The third-order valence-corrected chi connectivity index (χ3v) is 3.67. The molecule has 0 aromatic carbocycles. The van der Waals surface area contributed by atoms with Crippen LogP contribution in [0.1, 0.15) is 34.1 Å². The molecular weight excluding hydrogens is 172 g/mol. The van der Waals surface area contributed by atoms with Crippen LogP contribution < -0.4 is 0 Å². The lowest BCUT2D eigenvalue weighted by atomic mass is 9.99. The van der Waals surface area contributed by atoms with E-state index in [4.69, 9.17) is 0 Å². The first-order valence-electron chi connectivity index (χ1n) is 5.74. The molecule has 2 heteroatoms. The van der Waals surface area contributed by atoms with E-state index in [9.17, 15) is 0 Å². The van der Waals surface area contributed by atoms with Gasteiger partial charge in [0.2, 0.25) is 0 Å². The predicted octanol–water partition coefficient (Wildman–Crippen LogP) is 2.06. The second-order valence-corrected chi connectivity index (χ2v) is 5.87. The van der Waals surface area contributed by atoms with E-state index in [0.717, 1.165) is 5.92 Å². The van der Waals surface area contributed by atoms with Crippen LogP contribution in [0.15, 0.2) is 0 Å². The van der Waals surface area contributed by atoms with Crippen molar-refractivity contribution in [3.05, 3.63) is 0 Å². The van der Waals surface area contributed by atoms with E-state index in [1.165, 1.54) is 19.5 Å². The molecule has 1 aliphatic rings. The second-order valence-electron chi connectivity index (χ2n) is 5.87. The molecule has 0 bridgehead atoms. The standard InChI is InChI=1S/C12H26N2/c1-10(13(5)6)11-7-8-14(9-11)12(2,3)4/h10-11H,7-9H2,1-6H3. The van der Waals surface area contributed by atoms with Gasteiger partial charge in [0.05, 0.1) is 0 Å². The summed E-state index contributed by atoms with van der Waals surface area (Å²) in [6.45, 7) is 11.8. The highest BCUT2D eigenvalue weighted by molar-refractivity contribution is 4.88. The minimum absolute atomic E-state index is 0.348. The molecular formula is C12H26N2. The first-order valence-corrected chi connectivity index (χ1v) is 5.74. The summed E-state index contributed by atoms with van der Waals surface area (Å²) in [5, 5.41) is 0. The molecule has 84 valence electrons. The maximum absolute atomic E-state index is 2.61. The first kappa shape index (κ1) is 12.0. The van der Waals surface area contributed by atoms with E-state index in [-0.39, 0.29) is 0 Å². The quantitative estimate of drug-likeness (QED) is 0.670. The van der Waals surface area contributed by atoms with Crippen LogP contribution in [0.25, 0.3) is 0 Å². The van der Waals surface area contributed by atoms with Gasteiger partial charge in [-0.3, -0.25) is 4.90 Å². The molecule has 2 atom stereocenters. The Morgan fingerprint density at radius 2 is 1.86 bits per heavy atom. The van der Waals surface area contributed by atoms with Gasteiger partial charge in [0.15, 0.2) is 0 Å². The summed E-state index contributed by atoms with van der Waals surface area (Å²) in [6.07, 6.45) is 1.36. The fourth-order valence-corrected chi connectivity index (χ4v) is 2.21. The maximum atomic E-state index is 2.61. The molecule has 1 heterocycles. The Bertz CT molecular complexity index is 181. The zero-order chi connectivity index (χ0) is 10.9. The lowest BCUT2D eigenvalue weighted by Crippen LogP contribution is -2.41. The van der Waals surface area contributed by atoms with Crippen molar-refractivity contribution in [1.82, 2.24) is 9.80 Å². The average molecular weight is 198 g/mol. The molecule has 14 heavy (non-hydrogen) atoms. The summed E-state index contributed by atoms with van der Waals surface area (Å²) in [5.41, 5.74) is 0.348. The normalized spacial score (nSPS) is 27.2. The number of hydrogen-bond acceptors (Lipinski definition) is 2. The number of rotatable bonds is 2. The van der Waals surface area contributed by atoms with Crippen molar-refractivity contribution in [3.8, 4) is 0 Å². The van der Waals surface area contributed by atoms with Crippen molar-refractivity contribution in [1.29, 1.82) is 0 Å². The zero-order valence-corrected chi connectivity index (χ0v) is 10.7. The van der Waals surface area contributed by atoms with Crippen LogP contribution in [-0.4, -0.2) is 48.6 Å². The molecule has 0 aliphatic carbocycles. The van der Waals surface area contributed by atoms with Gasteiger partial charge in [-0.05, 0) is 60.7 Å². The van der Waals surface area contributed by atoms with E-state index in [2.05, 4.69) is 51.6 Å². The Kier molecular flexibility index (Phi) is 3.59. The smallest absolute Gasteiger partial charge is 0.0125 e. The zero-order valence-electron chi connectivity index (χ0n) is 10.7. The van der Waals surface area contributed by atoms with Crippen molar-refractivity contribution in [2.24, 2.45) is 5.92 Å². The van der Waals surface area contributed by atoms with Crippen molar-refractivity contribution in [2.75, 3.05) is 27.2 Å². The van der Waals surface area contributed by atoms with E-state index >= 15 is 0 Å². The fourth-order valence-electron chi connectivity index (χ4n) is 2.21.